The third-order valence-corrected chi connectivity index (χ3v) is 6.20. The van der Waals surface area contributed by atoms with Crippen molar-refractivity contribution in [2.45, 2.75) is 13.3 Å². The first-order valence-corrected chi connectivity index (χ1v) is 11.6. The van der Waals surface area contributed by atoms with Crippen molar-refractivity contribution in [2.24, 2.45) is 0 Å². The van der Waals surface area contributed by atoms with Crippen LogP contribution in [-0.4, -0.2) is 10.9 Å². The van der Waals surface area contributed by atoms with Crippen molar-refractivity contribution in [1.82, 2.24) is 4.98 Å². The summed E-state index contributed by atoms with van der Waals surface area (Å²) in [5.41, 5.74) is 6.91. The summed E-state index contributed by atoms with van der Waals surface area (Å²) in [6.07, 6.45) is 0.737. The maximum atomic E-state index is 13.7. The molecule has 1 N–H and O–H groups in total. The zero-order chi connectivity index (χ0) is 23.5. The summed E-state index contributed by atoms with van der Waals surface area (Å²) in [6, 6.07) is 33.5. The third kappa shape index (κ3) is 4.43. The molecule has 0 spiro atoms. The highest BCUT2D eigenvalue weighted by Gasteiger charge is 2.20. The fourth-order valence-electron chi connectivity index (χ4n) is 4.31. The van der Waals surface area contributed by atoms with Crippen LogP contribution in [0.4, 0.5) is 5.69 Å². The average molecular weight is 463 g/mol. The summed E-state index contributed by atoms with van der Waals surface area (Å²) in [6.45, 7) is 1.94. The van der Waals surface area contributed by atoms with E-state index in [-0.39, 0.29) is 5.91 Å². The van der Waals surface area contributed by atoms with E-state index in [9.17, 15) is 4.79 Å². The molecule has 1 aromatic heterocycles. The van der Waals surface area contributed by atoms with Gasteiger partial charge in [-0.15, -0.1) is 0 Å². The van der Waals surface area contributed by atoms with Crippen molar-refractivity contribution < 1.29 is 4.79 Å². The quantitative estimate of drug-likeness (QED) is 0.290. The monoisotopic (exact) mass is 462 g/mol. The van der Waals surface area contributed by atoms with Gasteiger partial charge in [-0.3, -0.25) is 4.79 Å². The third-order valence-electron chi connectivity index (χ3n) is 5.96. The minimum Gasteiger partial charge on any atom is -0.322 e. The molecule has 0 atom stereocenters. The van der Waals surface area contributed by atoms with E-state index in [0.29, 0.717) is 10.6 Å². The van der Waals surface area contributed by atoms with Gasteiger partial charge in [-0.25, -0.2) is 4.98 Å². The Labute approximate surface area is 204 Å². The van der Waals surface area contributed by atoms with Gasteiger partial charge in [-0.05, 0) is 54.3 Å². The molecule has 166 valence electrons. The van der Waals surface area contributed by atoms with E-state index in [0.717, 1.165) is 45.4 Å². The molecule has 5 aromatic rings. The van der Waals surface area contributed by atoms with Crippen LogP contribution >= 0.6 is 11.6 Å². The standard InChI is InChI=1S/C30H23ClN2O/c1-20-28(25-15-6-8-17-27(25)32-29(20)23-13-9-14-24(31)19-23)30(34)33-26-16-7-5-12-22(26)18-21-10-3-2-4-11-21/h2-17,19H,18H2,1H3,(H,33,34). The Morgan fingerprint density at radius 1 is 0.853 bits per heavy atom. The van der Waals surface area contributed by atoms with Gasteiger partial charge in [0, 0.05) is 21.7 Å². The fourth-order valence-corrected chi connectivity index (χ4v) is 4.50. The molecule has 0 fully saturated rings. The number of halogens is 1. The van der Waals surface area contributed by atoms with E-state index in [1.807, 2.05) is 91.9 Å². The van der Waals surface area contributed by atoms with Crippen molar-refractivity contribution in [3.8, 4) is 11.3 Å². The summed E-state index contributed by atoms with van der Waals surface area (Å²) < 4.78 is 0. The van der Waals surface area contributed by atoms with Crippen LogP contribution in [0.15, 0.2) is 103 Å². The molecule has 0 unspecified atom stereocenters. The second-order valence-corrected chi connectivity index (χ2v) is 8.70. The molecule has 0 bridgehead atoms. The number of nitrogens with zero attached hydrogens (tertiary/aromatic N) is 1. The molecule has 1 heterocycles. The first-order valence-electron chi connectivity index (χ1n) is 11.2. The maximum absolute atomic E-state index is 13.7. The molecule has 0 saturated carbocycles. The number of carbonyl (C=O) groups is 1. The minimum absolute atomic E-state index is 0.153. The van der Waals surface area contributed by atoms with Crippen LogP contribution in [-0.2, 0) is 6.42 Å². The number of anilines is 1. The molecular weight excluding hydrogens is 440 g/mol. The van der Waals surface area contributed by atoms with Crippen molar-refractivity contribution in [2.75, 3.05) is 5.32 Å². The van der Waals surface area contributed by atoms with E-state index >= 15 is 0 Å². The van der Waals surface area contributed by atoms with Gasteiger partial charge in [-0.1, -0.05) is 90.5 Å². The van der Waals surface area contributed by atoms with Gasteiger partial charge in [0.25, 0.3) is 5.91 Å². The van der Waals surface area contributed by atoms with Gasteiger partial charge in [0.2, 0.25) is 0 Å². The summed E-state index contributed by atoms with van der Waals surface area (Å²) in [5.74, 6) is -0.153. The Kier molecular flexibility index (Phi) is 6.11. The van der Waals surface area contributed by atoms with E-state index in [1.54, 1.807) is 0 Å². The highest BCUT2D eigenvalue weighted by molar-refractivity contribution is 6.30. The molecule has 0 radical (unpaired) electrons. The fraction of sp³-hybridized carbons (Fsp3) is 0.0667. The number of carbonyl (C=O) groups excluding carboxylic acids is 1. The topological polar surface area (TPSA) is 42.0 Å². The molecule has 4 heteroatoms. The van der Waals surface area contributed by atoms with Crippen LogP contribution in [0, 0.1) is 6.92 Å². The number of benzene rings is 4. The van der Waals surface area contributed by atoms with Crippen molar-refractivity contribution in [3.05, 3.63) is 130 Å². The van der Waals surface area contributed by atoms with Crippen molar-refractivity contribution in [1.29, 1.82) is 0 Å². The van der Waals surface area contributed by atoms with Crippen molar-refractivity contribution >= 4 is 34.1 Å². The predicted molar refractivity (Wildman–Crippen MR) is 141 cm³/mol. The molecule has 0 saturated heterocycles. The van der Waals surface area contributed by atoms with Crippen LogP contribution in [0.2, 0.25) is 5.02 Å². The number of hydrogen-bond acceptors (Lipinski definition) is 2. The van der Waals surface area contributed by atoms with E-state index in [2.05, 4.69) is 23.5 Å². The summed E-state index contributed by atoms with van der Waals surface area (Å²) in [4.78, 5) is 18.6. The molecule has 5 rings (SSSR count). The van der Waals surface area contributed by atoms with Crippen LogP contribution < -0.4 is 5.32 Å². The lowest BCUT2D eigenvalue weighted by molar-refractivity contribution is 0.102. The van der Waals surface area contributed by atoms with Crippen LogP contribution in [0.25, 0.3) is 22.2 Å². The normalized spacial score (nSPS) is 10.9. The minimum atomic E-state index is -0.153. The van der Waals surface area contributed by atoms with E-state index in [4.69, 9.17) is 16.6 Å². The summed E-state index contributed by atoms with van der Waals surface area (Å²) in [5, 5.41) is 4.63. The van der Waals surface area contributed by atoms with Crippen molar-refractivity contribution in [3.63, 3.8) is 0 Å². The van der Waals surface area contributed by atoms with Gasteiger partial charge >= 0.3 is 0 Å². The van der Waals surface area contributed by atoms with E-state index < -0.39 is 0 Å². The molecular formula is C30H23ClN2O. The van der Waals surface area contributed by atoms with Crippen LogP contribution in [0.5, 0.6) is 0 Å². The predicted octanol–water partition coefficient (Wildman–Crippen LogP) is 7.71. The summed E-state index contributed by atoms with van der Waals surface area (Å²) in [7, 11) is 0. The number of fused-ring (bicyclic) bond motifs is 1. The molecule has 34 heavy (non-hydrogen) atoms. The van der Waals surface area contributed by atoms with Crippen LogP contribution in [0.3, 0.4) is 0 Å². The molecule has 3 nitrogen and oxygen atoms in total. The zero-order valence-electron chi connectivity index (χ0n) is 18.8. The highest BCUT2D eigenvalue weighted by Crippen LogP contribution is 2.32. The van der Waals surface area contributed by atoms with Gasteiger partial charge in [0.05, 0.1) is 16.8 Å². The maximum Gasteiger partial charge on any atom is 0.256 e. The largest absolute Gasteiger partial charge is 0.322 e. The van der Waals surface area contributed by atoms with Gasteiger partial charge in [0.1, 0.15) is 0 Å². The number of pyridine rings is 1. The second-order valence-electron chi connectivity index (χ2n) is 8.26. The SMILES string of the molecule is Cc1c(-c2cccc(Cl)c2)nc2ccccc2c1C(=O)Nc1ccccc1Cc1ccccc1. The van der Waals surface area contributed by atoms with Crippen LogP contribution in [0.1, 0.15) is 27.0 Å². The molecule has 4 aromatic carbocycles. The lowest BCUT2D eigenvalue weighted by Gasteiger charge is -2.16. The Morgan fingerprint density at radius 2 is 1.59 bits per heavy atom. The summed E-state index contributed by atoms with van der Waals surface area (Å²) >= 11 is 6.25. The van der Waals surface area contributed by atoms with Gasteiger partial charge in [0.15, 0.2) is 0 Å². The number of aromatic nitrogens is 1. The number of rotatable bonds is 5. The first-order chi connectivity index (χ1) is 16.6. The first kappa shape index (κ1) is 21.9. The Morgan fingerprint density at radius 3 is 2.41 bits per heavy atom. The lowest BCUT2D eigenvalue weighted by atomic mass is 9.96. The Balaban J connectivity index is 1.58. The molecule has 0 aliphatic rings. The zero-order valence-corrected chi connectivity index (χ0v) is 19.5. The van der Waals surface area contributed by atoms with Gasteiger partial charge in [-0.2, -0.15) is 0 Å². The Hall–Kier alpha value is -3.95. The Bertz CT molecular complexity index is 1500. The molecule has 0 aliphatic carbocycles. The lowest BCUT2D eigenvalue weighted by Crippen LogP contribution is -2.16. The average Bonchev–Trinajstić information content (AvgIpc) is 2.85. The number of amides is 1. The number of hydrogen-bond donors (Lipinski definition) is 1. The number of nitrogens with one attached hydrogen (secondary N) is 1. The van der Waals surface area contributed by atoms with E-state index in [1.165, 1.54) is 5.56 Å². The second kappa shape index (κ2) is 9.50. The smallest absolute Gasteiger partial charge is 0.256 e. The highest BCUT2D eigenvalue weighted by atomic mass is 35.5. The van der Waals surface area contributed by atoms with Gasteiger partial charge < -0.3 is 5.32 Å². The molecule has 1 amide bonds. The number of para-hydroxylation sites is 2. The molecule has 0 aliphatic heterocycles.